The number of hydrogen-bond donors (Lipinski definition) is 0. The molecule has 20 aromatic carbocycles. The molecule has 0 unspecified atom stereocenters. The van der Waals surface area contributed by atoms with Crippen LogP contribution in [0.4, 0.5) is 0 Å². The van der Waals surface area contributed by atoms with Gasteiger partial charge in [0.2, 0.25) is 0 Å². The van der Waals surface area contributed by atoms with Crippen molar-refractivity contribution in [1.82, 2.24) is 18.3 Å². The Kier molecular flexibility index (Phi) is 13.8. The second kappa shape index (κ2) is 24.7. The molecule has 0 bridgehead atoms. The fraction of sp³-hybridized carbons (Fsp3) is 0. The smallest absolute Gasteiger partial charge is 0.136 e. The minimum atomic E-state index is 0.904. The number of hydrogen-bond acceptors (Lipinski definition) is 1. The molecule has 0 N–H and O–H groups in total. The van der Waals surface area contributed by atoms with Gasteiger partial charge in [-0.25, -0.2) is 0 Å². The lowest BCUT2D eigenvalue weighted by atomic mass is 9.92. The van der Waals surface area contributed by atoms with Gasteiger partial charge >= 0.3 is 0 Å². The summed E-state index contributed by atoms with van der Waals surface area (Å²) in [5.74, 6) is 0. The molecule has 0 saturated carbocycles. The van der Waals surface area contributed by atoms with Crippen molar-refractivity contribution in [2.75, 3.05) is 0 Å². The Bertz CT molecular complexity index is 8140. The standard InChI is InChI=1S/C54H32N2O.C54H34N2/c1-3-14-33(15-4-1)35-31-43-40-21-8-7-20-39(40)41-24-12-25-44-51(41)53-46(29-28-45-54(53)52(43)47(32-35)55(45)36-17-5-2-6-18-36)56(44)37-19-11-16-34(30-37)38-23-13-27-49-50(38)42-22-9-10-26-48(42)57-49;1-4-15-35(16-5-1)37-19-12-20-38(31-37)39-21-13-24-42(32-39)56-47-28-14-27-45-43-25-10-11-26-44(43)46-33-40(36-17-6-2-7-18-36)34-50-52(46)54-48(29-30-49(56)53(54)51(45)47)55(50)41-22-8-3-9-23-41/h1-32H;1-34H. The first-order chi connectivity index (χ1) is 56.1. The second-order valence-corrected chi connectivity index (χ2v) is 30.1. The number of para-hydroxylation sites is 3. The molecule has 0 spiro atoms. The molecule has 5 aromatic heterocycles. The van der Waals surface area contributed by atoms with Crippen LogP contribution in [0.1, 0.15) is 0 Å². The Morgan fingerprint density at radius 3 is 0.920 bits per heavy atom. The van der Waals surface area contributed by atoms with Crippen molar-refractivity contribution in [2.45, 2.75) is 0 Å². The molecule has 0 aliphatic heterocycles. The third-order valence-electron chi connectivity index (χ3n) is 24.1. The lowest BCUT2D eigenvalue weighted by molar-refractivity contribution is 0.669. The molecule has 25 rings (SSSR count). The van der Waals surface area contributed by atoms with Crippen molar-refractivity contribution in [2.24, 2.45) is 0 Å². The van der Waals surface area contributed by atoms with E-state index in [1.807, 2.05) is 6.07 Å². The zero-order valence-electron chi connectivity index (χ0n) is 61.3. The van der Waals surface area contributed by atoms with Crippen LogP contribution >= 0.6 is 0 Å². The molecular weight excluding hydrogens is 1370 g/mol. The summed E-state index contributed by atoms with van der Waals surface area (Å²) in [6.45, 7) is 0. The van der Waals surface area contributed by atoms with Crippen LogP contribution in [0.2, 0.25) is 0 Å². The summed E-state index contributed by atoms with van der Waals surface area (Å²) in [5.41, 5.74) is 28.0. The highest BCUT2D eigenvalue weighted by molar-refractivity contribution is 6.41. The number of aromatic nitrogens is 4. The Labute approximate surface area is 649 Å². The Balaban J connectivity index is 0.000000131. The van der Waals surface area contributed by atoms with Gasteiger partial charge in [-0.15, -0.1) is 0 Å². The molecule has 0 aliphatic rings. The van der Waals surface area contributed by atoms with E-state index in [1.165, 1.54) is 180 Å². The van der Waals surface area contributed by atoms with Crippen LogP contribution in [0.25, 0.3) is 231 Å². The van der Waals surface area contributed by atoms with E-state index in [4.69, 9.17) is 4.42 Å². The minimum absolute atomic E-state index is 0.904. The maximum atomic E-state index is 6.33. The van der Waals surface area contributed by atoms with Gasteiger partial charge in [0.25, 0.3) is 0 Å². The van der Waals surface area contributed by atoms with E-state index >= 15 is 0 Å². The fourth-order valence-corrected chi connectivity index (χ4v) is 19.4. The third kappa shape index (κ3) is 9.46. The third-order valence-corrected chi connectivity index (χ3v) is 24.1. The molecule has 0 fully saturated rings. The van der Waals surface area contributed by atoms with Crippen molar-refractivity contribution < 1.29 is 4.42 Å². The van der Waals surface area contributed by atoms with Gasteiger partial charge in [0.15, 0.2) is 0 Å². The van der Waals surface area contributed by atoms with E-state index in [0.717, 1.165) is 50.3 Å². The van der Waals surface area contributed by atoms with E-state index in [1.54, 1.807) is 0 Å². The summed E-state index contributed by atoms with van der Waals surface area (Å²) in [6, 6.07) is 147. The molecule has 0 amide bonds. The molecular formula is C108H66N4O. The average molecular weight is 1440 g/mol. The Hall–Kier alpha value is -15.0. The van der Waals surface area contributed by atoms with Crippen LogP contribution in [0.5, 0.6) is 0 Å². The Morgan fingerprint density at radius 1 is 0.142 bits per heavy atom. The van der Waals surface area contributed by atoms with Gasteiger partial charge in [0.1, 0.15) is 11.2 Å². The van der Waals surface area contributed by atoms with Gasteiger partial charge in [-0.3, -0.25) is 0 Å². The predicted molar refractivity (Wildman–Crippen MR) is 477 cm³/mol. The lowest BCUT2D eigenvalue weighted by Gasteiger charge is -2.12. The zero-order chi connectivity index (χ0) is 73.9. The normalized spacial score (nSPS) is 12.1. The molecule has 25 aromatic rings. The van der Waals surface area contributed by atoms with Gasteiger partial charge in [-0.2, -0.15) is 0 Å². The summed E-state index contributed by atoms with van der Waals surface area (Å²) in [4.78, 5) is 0. The highest BCUT2D eigenvalue weighted by atomic mass is 16.3. The van der Waals surface area contributed by atoms with Crippen molar-refractivity contribution in [3.05, 3.63) is 400 Å². The van der Waals surface area contributed by atoms with Crippen molar-refractivity contribution >= 4 is 152 Å². The molecule has 5 heterocycles. The number of furan rings is 1. The first kappa shape index (κ1) is 62.9. The van der Waals surface area contributed by atoms with E-state index in [2.05, 4.69) is 413 Å². The van der Waals surface area contributed by atoms with E-state index < -0.39 is 0 Å². The molecule has 5 nitrogen and oxygen atoms in total. The van der Waals surface area contributed by atoms with Gasteiger partial charge in [-0.05, 0) is 226 Å². The summed E-state index contributed by atoms with van der Waals surface area (Å²) in [7, 11) is 0. The lowest BCUT2D eigenvalue weighted by Crippen LogP contribution is -1.95. The summed E-state index contributed by atoms with van der Waals surface area (Å²) < 4.78 is 16.3. The minimum Gasteiger partial charge on any atom is -0.456 e. The van der Waals surface area contributed by atoms with Gasteiger partial charge < -0.3 is 22.7 Å². The molecule has 0 saturated heterocycles. The summed E-state index contributed by atoms with van der Waals surface area (Å²) >= 11 is 0. The number of benzene rings is 18. The first-order valence-electron chi connectivity index (χ1n) is 39.0. The van der Waals surface area contributed by atoms with Crippen molar-refractivity contribution in [3.8, 4) is 78.4 Å². The van der Waals surface area contributed by atoms with E-state index in [0.29, 0.717) is 0 Å². The fourth-order valence-electron chi connectivity index (χ4n) is 19.4. The second-order valence-electron chi connectivity index (χ2n) is 30.1. The monoisotopic (exact) mass is 1430 g/mol. The highest BCUT2D eigenvalue weighted by Crippen LogP contribution is 2.52. The molecule has 524 valence electrons. The topological polar surface area (TPSA) is 32.9 Å². The van der Waals surface area contributed by atoms with Crippen molar-refractivity contribution in [3.63, 3.8) is 0 Å². The first-order valence-corrected chi connectivity index (χ1v) is 39.0. The number of fused-ring (bicyclic) bond motifs is 9. The molecule has 0 radical (unpaired) electrons. The highest BCUT2D eigenvalue weighted by Gasteiger charge is 2.29. The van der Waals surface area contributed by atoms with E-state index in [9.17, 15) is 0 Å². The van der Waals surface area contributed by atoms with Crippen LogP contribution in [-0.4, -0.2) is 18.3 Å². The predicted octanol–water partition coefficient (Wildman–Crippen LogP) is 29.5. The average Bonchev–Trinajstić information content (AvgIpc) is 1.53. The van der Waals surface area contributed by atoms with Crippen LogP contribution in [0.3, 0.4) is 0 Å². The van der Waals surface area contributed by atoms with Crippen LogP contribution in [0.15, 0.2) is 405 Å². The summed E-state index contributed by atoms with van der Waals surface area (Å²) in [6.07, 6.45) is 0. The van der Waals surface area contributed by atoms with Crippen LogP contribution < -0.4 is 0 Å². The van der Waals surface area contributed by atoms with Gasteiger partial charge in [0.05, 0.1) is 44.1 Å². The molecule has 5 heteroatoms. The molecule has 0 atom stereocenters. The molecule has 113 heavy (non-hydrogen) atoms. The largest absolute Gasteiger partial charge is 0.456 e. The van der Waals surface area contributed by atoms with Crippen LogP contribution in [-0.2, 0) is 0 Å². The zero-order valence-corrected chi connectivity index (χ0v) is 61.3. The van der Waals surface area contributed by atoms with Crippen molar-refractivity contribution in [1.29, 1.82) is 0 Å². The number of nitrogens with zero attached hydrogens (tertiary/aromatic N) is 4. The number of rotatable bonds is 9. The van der Waals surface area contributed by atoms with Gasteiger partial charge in [-0.1, -0.05) is 273 Å². The quantitative estimate of drug-likeness (QED) is 0.142. The maximum absolute atomic E-state index is 6.33. The Morgan fingerprint density at radius 2 is 0.442 bits per heavy atom. The SMILES string of the molecule is c1ccc(-c2cc3c4ccccc4c4cccc5c4c4c6c3c(c2)n(-c2ccccc2)c6ccc4n5-c2cccc(-c3cccc4oc5ccccc5c34)c2)cc1.c1ccc(-c2cccc(-c3cccc(-n4c5cccc6c7ccccc7c7cc(-c8ccccc8)cc8c7c7c(c65)c4ccc7n8-c4ccccc4)c3)c2)cc1. The van der Waals surface area contributed by atoms with Crippen LogP contribution in [0, 0.1) is 0 Å². The maximum Gasteiger partial charge on any atom is 0.136 e. The van der Waals surface area contributed by atoms with Gasteiger partial charge in [0, 0.05) is 76.6 Å². The van der Waals surface area contributed by atoms with E-state index in [-0.39, 0.29) is 0 Å². The summed E-state index contributed by atoms with van der Waals surface area (Å²) in [5, 5.41) is 22.6. The molecule has 0 aliphatic carbocycles.